The Kier molecular flexibility index (Phi) is 7.04. The maximum atomic E-state index is 13.7. The Morgan fingerprint density at radius 2 is 1.69 bits per heavy atom. The van der Waals surface area contributed by atoms with E-state index in [0.29, 0.717) is 5.69 Å². The van der Waals surface area contributed by atoms with Gasteiger partial charge in [0, 0.05) is 26.1 Å². The zero-order valence-electron chi connectivity index (χ0n) is 15.8. The van der Waals surface area contributed by atoms with Gasteiger partial charge in [0.1, 0.15) is 11.6 Å². The van der Waals surface area contributed by atoms with Crippen LogP contribution in [0.4, 0.5) is 20.2 Å². The molecule has 0 aliphatic carbocycles. The maximum Gasteiger partial charge on any atom is 0.252 e. The molecular formula is C21H22ClF2N3O2. The second-order valence-corrected chi connectivity index (χ2v) is 7.29. The van der Waals surface area contributed by atoms with Crippen molar-refractivity contribution >= 4 is 34.8 Å². The molecule has 2 amide bonds. The van der Waals surface area contributed by atoms with Crippen molar-refractivity contribution < 1.29 is 18.4 Å². The fourth-order valence-electron chi connectivity index (χ4n) is 3.29. The van der Waals surface area contributed by atoms with E-state index in [4.69, 9.17) is 11.6 Å². The number of carbonyl (C=O) groups is 2. The third-order valence-corrected chi connectivity index (χ3v) is 5.06. The lowest BCUT2D eigenvalue weighted by molar-refractivity contribution is -0.116. The minimum absolute atomic E-state index is 0.000503. The van der Waals surface area contributed by atoms with Crippen molar-refractivity contribution in [2.75, 3.05) is 29.9 Å². The molecule has 0 aromatic heterocycles. The van der Waals surface area contributed by atoms with Gasteiger partial charge in [-0.15, -0.1) is 0 Å². The van der Waals surface area contributed by atoms with E-state index in [1.165, 1.54) is 18.2 Å². The molecule has 2 aromatic rings. The number of amides is 2. The average Bonchev–Trinajstić information content (AvgIpc) is 2.68. The minimum Gasteiger partial charge on any atom is -0.370 e. The second-order valence-electron chi connectivity index (χ2n) is 6.89. The number of piperidine rings is 1. The van der Waals surface area contributed by atoms with E-state index in [0.717, 1.165) is 50.2 Å². The van der Waals surface area contributed by atoms with Crippen LogP contribution < -0.4 is 15.5 Å². The molecule has 8 heteroatoms. The summed E-state index contributed by atoms with van der Waals surface area (Å²) in [6, 6.07) is 7.83. The Labute approximate surface area is 173 Å². The Hall–Kier alpha value is -2.67. The molecule has 1 aliphatic heterocycles. The summed E-state index contributed by atoms with van der Waals surface area (Å²) in [5.41, 5.74) is 1.34. The van der Waals surface area contributed by atoms with Gasteiger partial charge in [0.15, 0.2) is 0 Å². The topological polar surface area (TPSA) is 61.4 Å². The van der Waals surface area contributed by atoms with E-state index in [1.807, 2.05) is 0 Å². The Morgan fingerprint density at radius 1 is 1.00 bits per heavy atom. The summed E-state index contributed by atoms with van der Waals surface area (Å²) in [6.07, 6.45) is 3.28. The molecule has 3 rings (SSSR count). The van der Waals surface area contributed by atoms with Crippen molar-refractivity contribution in [3.05, 3.63) is 58.6 Å². The van der Waals surface area contributed by atoms with Gasteiger partial charge in [-0.25, -0.2) is 8.78 Å². The van der Waals surface area contributed by atoms with E-state index in [-0.39, 0.29) is 29.5 Å². The number of hydrogen-bond donors (Lipinski definition) is 2. The number of halogens is 3. The van der Waals surface area contributed by atoms with Crippen molar-refractivity contribution in [2.45, 2.75) is 25.7 Å². The van der Waals surface area contributed by atoms with Gasteiger partial charge in [0.2, 0.25) is 5.91 Å². The standard InChI is InChI=1S/C21H22ClF2N3O2/c22-17-12-14(23)4-6-16(17)21(29)25-9-8-20(28)26-18-13-15(24)5-7-19(18)27-10-2-1-3-11-27/h4-7,12-13H,1-3,8-11H2,(H,25,29)(H,26,28). The van der Waals surface area contributed by atoms with Gasteiger partial charge in [-0.1, -0.05) is 11.6 Å². The van der Waals surface area contributed by atoms with Crippen LogP contribution in [0.3, 0.4) is 0 Å². The van der Waals surface area contributed by atoms with Crippen LogP contribution in [0.5, 0.6) is 0 Å². The molecule has 29 heavy (non-hydrogen) atoms. The maximum absolute atomic E-state index is 13.7. The van der Waals surface area contributed by atoms with E-state index >= 15 is 0 Å². The third-order valence-electron chi connectivity index (χ3n) is 4.74. The van der Waals surface area contributed by atoms with Crippen LogP contribution in [-0.4, -0.2) is 31.4 Å². The first-order chi connectivity index (χ1) is 13.9. The van der Waals surface area contributed by atoms with Crippen molar-refractivity contribution in [1.82, 2.24) is 5.32 Å². The lowest BCUT2D eigenvalue weighted by Gasteiger charge is -2.30. The summed E-state index contributed by atoms with van der Waals surface area (Å²) < 4.78 is 26.8. The first-order valence-electron chi connectivity index (χ1n) is 9.51. The van der Waals surface area contributed by atoms with Gasteiger partial charge in [-0.3, -0.25) is 9.59 Å². The van der Waals surface area contributed by atoms with Crippen molar-refractivity contribution in [3.8, 4) is 0 Å². The number of anilines is 2. The van der Waals surface area contributed by atoms with Crippen LogP contribution in [0.25, 0.3) is 0 Å². The highest BCUT2D eigenvalue weighted by atomic mass is 35.5. The zero-order chi connectivity index (χ0) is 20.8. The number of rotatable bonds is 6. The second kappa shape index (κ2) is 9.69. The highest BCUT2D eigenvalue weighted by Gasteiger charge is 2.17. The quantitative estimate of drug-likeness (QED) is 0.728. The highest BCUT2D eigenvalue weighted by Crippen LogP contribution is 2.29. The predicted molar refractivity (Wildman–Crippen MR) is 109 cm³/mol. The molecule has 1 heterocycles. The summed E-state index contributed by atoms with van der Waals surface area (Å²) in [7, 11) is 0. The van der Waals surface area contributed by atoms with E-state index in [9.17, 15) is 18.4 Å². The van der Waals surface area contributed by atoms with Gasteiger partial charge in [-0.2, -0.15) is 0 Å². The third kappa shape index (κ3) is 5.67. The lowest BCUT2D eigenvalue weighted by atomic mass is 10.1. The molecule has 0 spiro atoms. The molecule has 1 aliphatic rings. The first kappa shape index (κ1) is 21.0. The van der Waals surface area contributed by atoms with E-state index in [2.05, 4.69) is 15.5 Å². The monoisotopic (exact) mass is 421 g/mol. The summed E-state index contributed by atoms with van der Waals surface area (Å²) in [5, 5.41) is 5.31. The number of nitrogens with zero attached hydrogens (tertiary/aromatic N) is 1. The number of nitrogens with one attached hydrogen (secondary N) is 2. The van der Waals surface area contributed by atoms with Crippen molar-refractivity contribution in [3.63, 3.8) is 0 Å². The van der Waals surface area contributed by atoms with Crippen LogP contribution in [0.1, 0.15) is 36.0 Å². The van der Waals surface area contributed by atoms with Gasteiger partial charge >= 0.3 is 0 Å². The molecule has 2 aromatic carbocycles. The lowest BCUT2D eigenvalue weighted by Crippen LogP contribution is -2.31. The molecule has 2 N–H and O–H groups in total. The number of carbonyl (C=O) groups excluding carboxylic acids is 2. The largest absolute Gasteiger partial charge is 0.370 e. The normalized spacial score (nSPS) is 13.8. The Morgan fingerprint density at radius 3 is 2.41 bits per heavy atom. The Balaban J connectivity index is 1.56. The predicted octanol–water partition coefficient (Wildman–Crippen LogP) is 4.37. The van der Waals surface area contributed by atoms with Gasteiger partial charge in [0.25, 0.3) is 5.91 Å². The van der Waals surface area contributed by atoms with Crippen LogP contribution in [-0.2, 0) is 4.79 Å². The van der Waals surface area contributed by atoms with Gasteiger partial charge < -0.3 is 15.5 Å². The van der Waals surface area contributed by atoms with Gasteiger partial charge in [-0.05, 0) is 55.7 Å². The average molecular weight is 422 g/mol. The molecule has 154 valence electrons. The summed E-state index contributed by atoms with van der Waals surface area (Å²) >= 11 is 5.86. The zero-order valence-corrected chi connectivity index (χ0v) is 16.6. The summed E-state index contributed by atoms with van der Waals surface area (Å²) in [6.45, 7) is 1.79. The minimum atomic E-state index is -0.537. The fourth-order valence-corrected chi connectivity index (χ4v) is 3.54. The van der Waals surface area contributed by atoms with Crippen LogP contribution in [0.2, 0.25) is 5.02 Å². The van der Waals surface area contributed by atoms with E-state index < -0.39 is 17.5 Å². The summed E-state index contributed by atoms with van der Waals surface area (Å²) in [5.74, 6) is -1.81. The van der Waals surface area contributed by atoms with E-state index in [1.54, 1.807) is 6.07 Å². The molecule has 1 saturated heterocycles. The molecule has 0 unspecified atom stereocenters. The number of hydrogen-bond acceptors (Lipinski definition) is 3. The smallest absolute Gasteiger partial charge is 0.252 e. The van der Waals surface area contributed by atoms with Crippen LogP contribution in [0, 0.1) is 11.6 Å². The van der Waals surface area contributed by atoms with Gasteiger partial charge in [0.05, 0.1) is 22.0 Å². The Bertz CT molecular complexity index is 901. The highest BCUT2D eigenvalue weighted by molar-refractivity contribution is 6.33. The van der Waals surface area contributed by atoms with Crippen LogP contribution >= 0.6 is 11.6 Å². The van der Waals surface area contributed by atoms with Crippen molar-refractivity contribution in [2.24, 2.45) is 0 Å². The molecular weight excluding hydrogens is 400 g/mol. The fraction of sp³-hybridized carbons (Fsp3) is 0.333. The van der Waals surface area contributed by atoms with Crippen LogP contribution in [0.15, 0.2) is 36.4 Å². The number of benzene rings is 2. The SMILES string of the molecule is O=C(CCNC(=O)c1ccc(F)cc1Cl)Nc1cc(F)ccc1N1CCCCC1. The molecule has 0 saturated carbocycles. The molecule has 0 bridgehead atoms. The summed E-state index contributed by atoms with van der Waals surface area (Å²) in [4.78, 5) is 26.6. The molecule has 0 radical (unpaired) electrons. The molecule has 0 atom stereocenters. The first-order valence-corrected chi connectivity index (χ1v) is 9.89. The molecule has 1 fully saturated rings. The molecule has 5 nitrogen and oxygen atoms in total. The van der Waals surface area contributed by atoms with Crippen molar-refractivity contribution in [1.29, 1.82) is 0 Å².